The van der Waals surface area contributed by atoms with Gasteiger partial charge < -0.3 is 20.3 Å². The lowest BCUT2D eigenvalue weighted by atomic mass is 9.95. The molecule has 0 fully saturated rings. The molecule has 0 aliphatic carbocycles. The molecule has 1 atom stereocenters. The zero-order chi connectivity index (χ0) is 24.3. The van der Waals surface area contributed by atoms with Crippen LogP contribution in [-0.2, 0) is 9.53 Å². The van der Waals surface area contributed by atoms with Gasteiger partial charge in [0.05, 0.1) is 33.7 Å². The molecule has 2 aromatic rings. The zero-order valence-electron chi connectivity index (χ0n) is 18.0. The number of ether oxygens (including phenoxy) is 1. The monoisotopic (exact) mass is 488 g/mol. The quantitative estimate of drug-likeness (QED) is 0.269. The molecular formula is C22H21ClN4O5S. The highest BCUT2D eigenvalue weighted by Gasteiger charge is 2.33. The van der Waals surface area contributed by atoms with Crippen molar-refractivity contribution in [1.82, 2.24) is 10.2 Å². The van der Waals surface area contributed by atoms with E-state index in [1.165, 1.54) is 12.1 Å². The highest BCUT2D eigenvalue weighted by molar-refractivity contribution is 7.80. The molecule has 0 saturated heterocycles. The molecule has 11 heteroatoms. The Labute approximate surface area is 200 Å². The van der Waals surface area contributed by atoms with Gasteiger partial charge in [-0.2, -0.15) is 0 Å². The van der Waals surface area contributed by atoms with E-state index in [2.05, 4.69) is 10.6 Å². The minimum absolute atomic E-state index is 0.0386. The Balaban J connectivity index is 1.91. The number of hydrogen-bond donors (Lipinski definition) is 2. The topological polar surface area (TPSA) is 114 Å². The third-order valence-electron chi connectivity index (χ3n) is 5.14. The number of esters is 1. The molecule has 0 aromatic heterocycles. The van der Waals surface area contributed by atoms with E-state index in [4.69, 9.17) is 28.6 Å². The molecule has 1 aliphatic heterocycles. The van der Waals surface area contributed by atoms with E-state index in [1.54, 1.807) is 50.1 Å². The lowest BCUT2D eigenvalue weighted by molar-refractivity contribution is -0.384. The van der Waals surface area contributed by atoms with Gasteiger partial charge in [-0.15, -0.1) is 0 Å². The number of nitro groups is 1. The zero-order valence-corrected chi connectivity index (χ0v) is 19.6. The van der Waals surface area contributed by atoms with Gasteiger partial charge in [0.2, 0.25) is 0 Å². The number of anilines is 1. The van der Waals surface area contributed by atoms with Gasteiger partial charge in [0.1, 0.15) is 0 Å². The van der Waals surface area contributed by atoms with Gasteiger partial charge in [0.15, 0.2) is 5.11 Å². The molecule has 0 saturated carbocycles. The number of carbonyl (C=O) groups excluding carboxylic acids is 2. The van der Waals surface area contributed by atoms with E-state index in [0.29, 0.717) is 27.6 Å². The summed E-state index contributed by atoms with van der Waals surface area (Å²) in [5.41, 5.74) is 2.08. The van der Waals surface area contributed by atoms with Crippen molar-refractivity contribution < 1.29 is 19.2 Å². The number of benzene rings is 2. The van der Waals surface area contributed by atoms with Crippen LogP contribution in [0.25, 0.3) is 0 Å². The number of allylic oxidation sites excluding steroid dienone is 1. The van der Waals surface area contributed by atoms with E-state index in [-0.39, 0.29) is 22.9 Å². The van der Waals surface area contributed by atoms with Crippen molar-refractivity contribution in [2.75, 3.05) is 19.0 Å². The van der Waals surface area contributed by atoms with Gasteiger partial charge in [-0.1, -0.05) is 23.7 Å². The summed E-state index contributed by atoms with van der Waals surface area (Å²) < 4.78 is 5.24. The molecule has 0 bridgehead atoms. The number of nitrogens with zero attached hydrogens (tertiary/aromatic N) is 2. The Kier molecular flexibility index (Phi) is 7.29. The van der Waals surface area contributed by atoms with Crippen molar-refractivity contribution in [3.05, 3.63) is 80.0 Å². The normalized spacial score (nSPS) is 15.7. The molecule has 2 N–H and O–H groups in total. The molecule has 172 valence electrons. The van der Waals surface area contributed by atoms with Crippen LogP contribution in [0.2, 0.25) is 5.02 Å². The van der Waals surface area contributed by atoms with Crippen molar-refractivity contribution >= 4 is 52.2 Å². The minimum Gasteiger partial charge on any atom is -0.463 e. The average Bonchev–Trinajstić information content (AvgIpc) is 2.77. The molecule has 0 radical (unpaired) electrons. The second-order valence-corrected chi connectivity index (χ2v) is 7.96. The minimum atomic E-state index is -0.591. The van der Waals surface area contributed by atoms with Gasteiger partial charge >= 0.3 is 5.97 Å². The Bertz CT molecular complexity index is 1180. The predicted octanol–water partition coefficient (Wildman–Crippen LogP) is 4.20. The third kappa shape index (κ3) is 5.12. The summed E-state index contributed by atoms with van der Waals surface area (Å²) in [5, 5.41) is 17.2. The van der Waals surface area contributed by atoms with Gasteiger partial charge in [-0.05, 0) is 49.8 Å². The second kappa shape index (κ2) is 9.97. The number of non-ortho nitro benzene ring substituents is 1. The maximum Gasteiger partial charge on any atom is 0.338 e. The first-order valence-electron chi connectivity index (χ1n) is 9.91. The van der Waals surface area contributed by atoms with E-state index in [9.17, 15) is 19.7 Å². The van der Waals surface area contributed by atoms with E-state index < -0.39 is 22.8 Å². The summed E-state index contributed by atoms with van der Waals surface area (Å²) in [5.74, 6) is -0.995. The summed E-state index contributed by atoms with van der Waals surface area (Å²) in [4.78, 5) is 37.4. The number of carbonyl (C=O) groups is 2. The number of halogens is 1. The maximum atomic E-state index is 12.7. The summed E-state index contributed by atoms with van der Waals surface area (Å²) in [6.07, 6.45) is 0. The summed E-state index contributed by atoms with van der Waals surface area (Å²) >= 11 is 11.5. The Morgan fingerprint density at radius 2 is 2.03 bits per heavy atom. The Morgan fingerprint density at radius 3 is 2.67 bits per heavy atom. The molecular weight excluding hydrogens is 468 g/mol. The lowest BCUT2D eigenvalue weighted by Crippen LogP contribution is -2.46. The van der Waals surface area contributed by atoms with Crippen LogP contribution in [0.15, 0.2) is 53.7 Å². The smallest absolute Gasteiger partial charge is 0.338 e. The Hall–Kier alpha value is -3.50. The molecule has 33 heavy (non-hydrogen) atoms. The number of nitrogens with one attached hydrogen (secondary N) is 2. The van der Waals surface area contributed by atoms with Crippen LogP contribution in [0.1, 0.15) is 35.8 Å². The highest BCUT2D eigenvalue weighted by Crippen LogP contribution is 2.32. The van der Waals surface area contributed by atoms with Crippen molar-refractivity contribution in [2.45, 2.75) is 19.9 Å². The maximum absolute atomic E-state index is 12.7. The van der Waals surface area contributed by atoms with Gasteiger partial charge in [-0.3, -0.25) is 14.9 Å². The predicted molar refractivity (Wildman–Crippen MR) is 128 cm³/mol. The molecule has 3 rings (SSSR count). The molecule has 1 amide bonds. The highest BCUT2D eigenvalue weighted by atomic mass is 35.5. The number of hydrogen-bond acceptors (Lipinski definition) is 6. The van der Waals surface area contributed by atoms with E-state index in [0.717, 1.165) is 6.07 Å². The fraction of sp³-hybridized carbons (Fsp3) is 0.227. The molecule has 1 unspecified atom stereocenters. The Morgan fingerprint density at radius 1 is 1.30 bits per heavy atom. The van der Waals surface area contributed by atoms with Crippen LogP contribution in [-0.4, -0.2) is 40.5 Å². The third-order valence-corrected chi connectivity index (χ3v) is 5.84. The van der Waals surface area contributed by atoms with Gasteiger partial charge in [-0.25, -0.2) is 4.79 Å². The number of rotatable bonds is 6. The van der Waals surface area contributed by atoms with Crippen LogP contribution in [0.4, 0.5) is 11.4 Å². The fourth-order valence-electron chi connectivity index (χ4n) is 3.35. The summed E-state index contributed by atoms with van der Waals surface area (Å²) in [7, 11) is 1.75. The molecule has 9 nitrogen and oxygen atoms in total. The fourth-order valence-corrected chi connectivity index (χ4v) is 3.87. The van der Waals surface area contributed by atoms with Crippen molar-refractivity contribution in [2.24, 2.45) is 0 Å². The number of nitro benzene ring substituents is 1. The molecule has 0 spiro atoms. The first-order valence-corrected chi connectivity index (χ1v) is 10.7. The molecule has 1 aliphatic rings. The van der Waals surface area contributed by atoms with Crippen LogP contribution in [0, 0.1) is 10.1 Å². The van der Waals surface area contributed by atoms with Crippen LogP contribution >= 0.6 is 23.8 Å². The van der Waals surface area contributed by atoms with Gasteiger partial charge in [0, 0.05) is 30.6 Å². The van der Waals surface area contributed by atoms with Crippen molar-refractivity contribution in [1.29, 1.82) is 0 Å². The molecule has 2 aromatic carbocycles. The standard InChI is InChI=1S/C22H21ClN4O5S/c1-4-32-21(29)18-12(2)26(3)22(33)25-19(18)13-6-5-7-14(10-13)24-20(28)16-9-8-15(27(30)31)11-17(16)23/h5-11,19H,4H2,1-3H3,(H,24,28)(H,25,33). The van der Waals surface area contributed by atoms with Crippen LogP contribution < -0.4 is 10.6 Å². The SMILES string of the molecule is CCOC(=O)C1=C(C)N(C)C(=S)NC1c1cccc(NC(=O)c2ccc([N+](=O)[O-])cc2Cl)c1. The van der Waals surface area contributed by atoms with Gasteiger partial charge in [0.25, 0.3) is 11.6 Å². The summed E-state index contributed by atoms with van der Waals surface area (Å²) in [6.45, 7) is 3.74. The largest absolute Gasteiger partial charge is 0.463 e. The lowest BCUT2D eigenvalue weighted by Gasteiger charge is -2.35. The first kappa shape index (κ1) is 24.1. The van der Waals surface area contributed by atoms with Crippen LogP contribution in [0.5, 0.6) is 0 Å². The first-order chi connectivity index (χ1) is 15.6. The number of amides is 1. The second-order valence-electron chi connectivity index (χ2n) is 7.16. The number of thiocarbonyl (C=S) groups is 1. The van der Waals surface area contributed by atoms with E-state index >= 15 is 0 Å². The summed E-state index contributed by atoms with van der Waals surface area (Å²) in [6, 6.07) is 9.95. The molecule has 1 heterocycles. The van der Waals surface area contributed by atoms with Crippen LogP contribution in [0.3, 0.4) is 0 Å². The van der Waals surface area contributed by atoms with Crippen molar-refractivity contribution in [3.63, 3.8) is 0 Å². The average molecular weight is 489 g/mol. The van der Waals surface area contributed by atoms with Crippen molar-refractivity contribution in [3.8, 4) is 0 Å². The van der Waals surface area contributed by atoms with E-state index in [1.807, 2.05) is 0 Å².